The van der Waals surface area contributed by atoms with Crippen molar-refractivity contribution in [3.8, 4) is 11.8 Å². The predicted octanol–water partition coefficient (Wildman–Crippen LogP) is 3.70. The quantitative estimate of drug-likeness (QED) is 0.489. The molecule has 0 saturated carbocycles. The van der Waals surface area contributed by atoms with Crippen LogP contribution >= 0.6 is 11.8 Å². The van der Waals surface area contributed by atoms with Crippen LogP contribution in [0.4, 0.5) is 5.69 Å². The summed E-state index contributed by atoms with van der Waals surface area (Å²) in [6.45, 7) is 5.89. The maximum Gasteiger partial charge on any atom is 0.260 e. The van der Waals surface area contributed by atoms with Gasteiger partial charge in [0, 0.05) is 23.8 Å². The Morgan fingerprint density at radius 1 is 1.14 bits per heavy atom. The highest BCUT2D eigenvalue weighted by Crippen LogP contribution is 2.24. The van der Waals surface area contributed by atoms with Gasteiger partial charge in [-0.1, -0.05) is 5.92 Å². The molecule has 1 amide bonds. The Kier molecular flexibility index (Phi) is 6.35. The van der Waals surface area contributed by atoms with Crippen LogP contribution in [0, 0.1) is 25.7 Å². The SMILES string of the molecule is CC#CCN(C(=O)c1ccc(Sc2nc(C)cc(C)n2)nc1)c1cccnc1. The van der Waals surface area contributed by atoms with E-state index in [-0.39, 0.29) is 12.5 Å². The van der Waals surface area contributed by atoms with Crippen LogP contribution in [0.5, 0.6) is 0 Å². The molecule has 7 heteroatoms. The van der Waals surface area contributed by atoms with Gasteiger partial charge in [0.1, 0.15) is 5.03 Å². The third-order valence-electron chi connectivity index (χ3n) is 3.76. The standard InChI is InChI=1S/C21H19N5OS/c1-4-5-11-26(18-7-6-10-22-14-18)20(27)17-8-9-19(23-13-17)28-21-24-15(2)12-16(3)25-21/h6-10,12-14H,11H2,1-3H3. The van der Waals surface area contributed by atoms with Crippen molar-refractivity contribution in [2.75, 3.05) is 11.4 Å². The van der Waals surface area contributed by atoms with Gasteiger partial charge in [0.05, 0.1) is 24.0 Å². The number of hydrogen-bond donors (Lipinski definition) is 0. The Bertz CT molecular complexity index is 1010. The fourth-order valence-corrected chi connectivity index (χ4v) is 3.32. The molecule has 0 aromatic carbocycles. The van der Waals surface area contributed by atoms with Crippen molar-refractivity contribution in [1.29, 1.82) is 0 Å². The zero-order valence-electron chi connectivity index (χ0n) is 15.9. The smallest absolute Gasteiger partial charge is 0.260 e. The summed E-state index contributed by atoms with van der Waals surface area (Å²) in [4.78, 5) is 31.8. The number of aromatic nitrogens is 4. The first-order valence-electron chi connectivity index (χ1n) is 8.64. The van der Waals surface area contributed by atoms with Gasteiger partial charge < -0.3 is 0 Å². The predicted molar refractivity (Wildman–Crippen MR) is 109 cm³/mol. The maximum absolute atomic E-state index is 13.0. The fourth-order valence-electron chi connectivity index (χ4n) is 2.51. The fraction of sp³-hybridized carbons (Fsp3) is 0.190. The summed E-state index contributed by atoms with van der Waals surface area (Å²) < 4.78 is 0. The molecule has 0 unspecified atom stereocenters. The van der Waals surface area contributed by atoms with E-state index in [0.717, 1.165) is 16.4 Å². The van der Waals surface area contributed by atoms with Crippen molar-refractivity contribution in [2.45, 2.75) is 31.0 Å². The summed E-state index contributed by atoms with van der Waals surface area (Å²) in [5, 5.41) is 1.36. The lowest BCUT2D eigenvalue weighted by Crippen LogP contribution is -2.31. The Morgan fingerprint density at radius 2 is 1.93 bits per heavy atom. The molecular weight excluding hydrogens is 370 g/mol. The summed E-state index contributed by atoms with van der Waals surface area (Å²) in [7, 11) is 0. The summed E-state index contributed by atoms with van der Waals surface area (Å²) in [6.07, 6.45) is 4.88. The number of nitrogens with zero attached hydrogens (tertiary/aromatic N) is 5. The van der Waals surface area contributed by atoms with E-state index in [1.165, 1.54) is 11.8 Å². The van der Waals surface area contributed by atoms with Gasteiger partial charge in [-0.3, -0.25) is 14.7 Å². The number of aryl methyl sites for hydroxylation is 2. The lowest BCUT2D eigenvalue weighted by molar-refractivity contribution is 0.0989. The number of pyridine rings is 2. The average Bonchev–Trinajstić information content (AvgIpc) is 2.69. The van der Waals surface area contributed by atoms with E-state index in [1.807, 2.05) is 26.0 Å². The molecule has 6 nitrogen and oxygen atoms in total. The van der Waals surface area contributed by atoms with Gasteiger partial charge in [0.2, 0.25) is 0 Å². The van der Waals surface area contributed by atoms with E-state index >= 15 is 0 Å². The van der Waals surface area contributed by atoms with Gasteiger partial charge in [-0.15, -0.1) is 5.92 Å². The highest BCUT2D eigenvalue weighted by atomic mass is 32.2. The molecule has 0 radical (unpaired) electrons. The van der Waals surface area contributed by atoms with Crippen LogP contribution < -0.4 is 4.90 Å². The molecule has 3 aromatic heterocycles. The number of carbonyl (C=O) groups excluding carboxylic acids is 1. The summed E-state index contributed by atoms with van der Waals surface area (Å²) in [5.41, 5.74) is 2.99. The van der Waals surface area contributed by atoms with Crippen LogP contribution in [0.25, 0.3) is 0 Å². The average molecular weight is 389 g/mol. The van der Waals surface area contributed by atoms with Crippen molar-refractivity contribution in [1.82, 2.24) is 19.9 Å². The molecule has 0 spiro atoms. The molecule has 0 bridgehead atoms. The van der Waals surface area contributed by atoms with Crippen molar-refractivity contribution in [3.05, 3.63) is 65.9 Å². The molecule has 0 aliphatic heterocycles. The van der Waals surface area contributed by atoms with Crippen molar-refractivity contribution >= 4 is 23.4 Å². The number of anilines is 1. The van der Waals surface area contributed by atoms with Gasteiger partial charge in [-0.25, -0.2) is 15.0 Å². The maximum atomic E-state index is 13.0. The van der Waals surface area contributed by atoms with Crippen molar-refractivity contribution in [2.24, 2.45) is 0 Å². The van der Waals surface area contributed by atoms with Gasteiger partial charge >= 0.3 is 0 Å². The highest BCUT2D eigenvalue weighted by Gasteiger charge is 2.17. The van der Waals surface area contributed by atoms with Crippen molar-refractivity contribution < 1.29 is 4.79 Å². The first kappa shape index (κ1) is 19.5. The topological polar surface area (TPSA) is 71.9 Å². The van der Waals surface area contributed by atoms with E-state index in [0.29, 0.717) is 16.4 Å². The minimum atomic E-state index is -0.178. The van der Waals surface area contributed by atoms with Crippen molar-refractivity contribution in [3.63, 3.8) is 0 Å². The minimum absolute atomic E-state index is 0.178. The molecule has 28 heavy (non-hydrogen) atoms. The summed E-state index contributed by atoms with van der Waals surface area (Å²) in [6, 6.07) is 9.09. The number of carbonyl (C=O) groups is 1. The zero-order chi connectivity index (χ0) is 19.9. The third kappa shape index (κ3) is 4.93. The highest BCUT2D eigenvalue weighted by molar-refractivity contribution is 7.99. The normalized spacial score (nSPS) is 10.1. The van der Waals surface area contributed by atoms with Crippen LogP contribution in [-0.4, -0.2) is 32.4 Å². The van der Waals surface area contributed by atoms with E-state index in [1.54, 1.807) is 48.6 Å². The Hall–Kier alpha value is -3.24. The monoisotopic (exact) mass is 389 g/mol. The molecule has 0 aliphatic rings. The summed E-state index contributed by atoms with van der Waals surface area (Å²) >= 11 is 1.36. The Labute approximate surface area is 168 Å². The van der Waals surface area contributed by atoms with Crippen LogP contribution in [0.1, 0.15) is 28.7 Å². The largest absolute Gasteiger partial charge is 0.295 e. The second-order valence-corrected chi connectivity index (χ2v) is 6.94. The van der Waals surface area contributed by atoms with Gasteiger partial charge in [0.25, 0.3) is 5.91 Å². The molecule has 0 fully saturated rings. The second kappa shape index (κ2) is 9.11. The minimum Gasteiger partial charge on any atom is -0.295 e. The molecule has 0 saturated heterocycles. The molecule has 140 valence electrons. The van der Waals surface area contributed by atoms with Crippen LogP contribution in [0.3, 0.4) is 0 Å². The van der Waals surface area contributed by atoms with E-state index in [2.05, 4.69) is 31.8 Å². The molecule has 3 rings (SSSR count). The first-order valence-corrected chi connectivity index (χ1v) is 9.46. The van der Waals surface area contributed by atoms with Gasteiger partial charge in [-0.05, 0) is 62.9 Å². The third-order valence-corrected chi connectivity index (χ3v) is 4.57. The molecule has 0 N–H and O–H groups in total. The second-order valence-electron chi connectivity index (χ2n) is 5.95. The Morgan fingerprint density at radius 3 is 2.54 bits per heavy atom. The van der Waals surface area contributed by atoms with Crippen LogP contribution in [-0.2, 0) is 0 Å². The first-order chi connectivity index (χ1) is 13.6. The molecule has 3 aromatic rings. The van der Waals surface area contributed by atoms with Gasteiger partial charge in [0.15, 0.2) is 5.16 Å². The van der Waals surface area contributed by atoms with E-state index in [9.17, 15) is 4.79 Å². The molecule has 0 atom stereocenters. The zero-order valence-corrected chi connectivity index (χ0v) is 16.7. The number of hydrogen-bond acceptors (Lipinski definition) is 6. The Balaban J connectivity index is 1.80. The summed E-state index contributed by atoms with van der Waals surface area (Å²) in [5.74, 6) is 5.58. The van der Waals surface area contributed by atoms with E-state index < -0.39 is 0 Å². The van der Waals surface area contributed by atoms with Crippen LogP contribution in [0.15, 0.2) is 59.1 Å². The number of amides is 1. The number of rotatable bonds is 5. The lowest BCUT2D eigenvalue weighted by atomic mass is 10.2. The van der Waals surface area contributed by atoms with Gasteiger partial charge in [-0.2, -0.15) is 0 Å². The van der Waals surface area contributed by atoms with Crippen LogP contribution in [0.2, 0.25) is 0 Å². The molecule has 3 heterocycles. The lowest BCUT2D eigenvalue weighted by Gasteiger charge is -2.20. The molecular formula is C21H19N5OS. The molecule has 0 aliphatic carbocycles. The van der Waals surface area contributed by atoms with E-state index in [4.69, 9.17) is 0 Å².